The molecule has 1 aromatic rings. The highest BCUT2D eigenvalue weighted by molar-refractivity contribution is 5.75. The molecule has 0 aliphatic carbocycles. The summed E-state index contributed by atoms with van der Waals surface area (Å²) in [6, 6.07) is 5.41. The summed E-state index contributed by atoms with van der Waals surface area (Å²) in [5.41, 5.74) is -0.0834. The van der Waals surface area contributed by atoms with Crippen LogP contribution in [0.1, 0.15) is 5.56 Å². The summed E-state index contributed by atoms with van der Waals surface area (Å²) < 4.78 is 25.4. The summed E-state index contributed by atoms with van der Waals surface area (Å²) in [5.74, 6) is -6.37. The van der Waals surface area contributed by atoms with Crippen molar-refractivity contribution in [3.8, 4) is 5.75 Å². The van der Waals surface area contributed by atoms with Crippen molar-refractivity contribution >= 4 is 5.97 Å². The molecule has 0 atom stereocenters. The number of phenolic OH excluding ortho intramolecular Hbond substituents is 1. The second-order valence-corrected chi connectivity index (χ2v) is 2.82. The van der Waals surface area contributed by atoms with E-state index in [0.717, 1.165) is 0 Å². The lowest BCUT2D eigenvalue weighted by atomic mass is 10.1. The number of benzene rings is 1. The number of phenols is 1. The minimum absolute atomic E-state index is 0.0834. The summed E-state index contributed by atoms with van der Waals surface area (Å²) in [6.07, 6.45) is -1.00. The van der Waals surface area contributed by atoms with Gasteiger partial charge in [0.1, 0.15) is 5.75 Å². The molecule has 0 heterocycles. The Morgan fingerprint density at radius 1 is 1.36 bits per heavy atom. The van der Waals surface area contributed by atoms with Crippen LogP contribution in [0.5, 0.6) is 5.75 Å². The molecule has 0 unspecified atom stereocenters. The van der Waals surface area contributed by atoms with Crippen LogP contribution in [-0.2, 0) is 11.2 Å². The first-order valence-corrected chi connectivity index (χ1v) is 3.81. The number of hydrogen-bond acceptors (Lipinski definition) is 2. The molecule has 14 heavy (non-hydrogen) atoms. The van der Waals surface area contributed by atoms with Crippen molar-refractivity contribution in [3.05, 3.63) is 29.8 Å². The predicted octanol–water partition coefficient (Wildman–Crippen LogP) is 1.65. The Kier molecular flexibility index (Phi) is 2.69. The molecule has 0 radical (unpaired) electrons. The number of carbonyl (C=O) groups is 1. The molecule has 5 heteroatoms. The Labute approximate surface area is 78.6 Å². The Balaban J connectivity index is 2.89. The fourth-order valence-electron chi connectivity index (χ4n) is 0.975. The number of carboxylic acid groups (broad SMARTS) is 1. The number of hydrogen-bond donors (Lipinski definition) is 2. The van der Waals surface area contributed by atoms with Gasteiger partial charge in [0.05, 0.1) is 6.42 Å². The summed E-state index contributed by atoms with van der Waals surface area (Å²) in [7, 11) is 0. The lowest BCUT2D eigenvalue weighted by Crippen LogP contribution is -2.30. The van der Waals surface area contributed by atoms with Gasteiger partial charge in [-0.3, -0.25) is 0 Å². The maximum absolute atomic E-state index is 12.7. The zero-order valence-electron chi connectivity index (χ0n) is 7.08. The number of alkyl halides is 2. The number of rotatable bonds is 3. The van der Waals surface area contributed by atoms with Gasteiger partial charge in [0, 0.05) is 5.56 Å². The standard InChI is InChI=1S/C9H8F2O3/c10-9(11,8(13)14)5-6-3-1-2-4-7(6)12/h1-4,12H,5H2,(H,13,14). The zero-order valence-corrected chi connectivity index (χ0v) is 7.08. The summed E-state index contributed by atoms with van der Waals surface area (Å²) >= 11 is 0. The van der Waals surface area contributed by atoms with E-state index in [1.165, 1.54) is 24.3 Å². The molecule has 1 aromatic carbocycles. The third kappa shape index (κ3) is 2.18. The van der Waals surface area contributed by atoms with Crippen molar-refractivity contribution in [3.63, 3.8) is 0 Å². The van der Waals surface area contributed by atoms with E-state index in [1.54, 1.807) is 0 Å². The van der Waals surface area contributed by atoms with Crippen molar-refractivity contribution in [2.24, 2.45) is 0 Å². The van der Waals surface area contributed by atoms with E-state index >= 15 is 0 Å². The third-order valence-corrected chi connectivity index (χ3v) is 1.72. The van der Waals surface area contributed by atoms with Crippen molar-refractivity contribution in [2.45, 2.75) is 12.3 Å². The Hall–Kier alpha value is -1.65. The maximum atomic E-state index is 12.7. The average molecular weight is 202 g/mol. The van der Waals surface area contributed by atoms with Gasteiger partial charge in [0.25, 0.3) is 0 Å². The Morgan fingerprint density at radius 2 is 1.93 bits per heavy atom. The molecule has 0 saturated carbocycles. The van der Waals surface area contributed by atoms with E-state index in [-0.39, 0.29) is 11.3 Å². The highest BCUT2D eigenvalue weighted by atomic mass is 19.3. The average Bonchev–Trinajstić information content (AvgIpc) is 2.08. The van der Waals surface area contributed by atoms with Gasteiger partial charge in [0.15, 0.2) is 0 Å². The van der Waals surface area contributed by atoms with Gasteiger partial charge >= 0.3 is 11.9 Å². The van der Waals surface area contributed by atoms with Crippen LogP contribution in [0.3, 0.4) is 0 Å². The van der Waals surface area contributed by atoms with Gasteiger partial charge in [0.2, 0.25) is 0 Å². The third-order valence-electron chi connectivity index (χ3n) is 1.72. The van der Waals surface area contributed by atoms with Crippen molar-refractivity contribution in [1.29, 1.82) is 0 Å². The van der Waals surface area contributed by atoms with E-state index in [2.05, 4.69) is 0 Å². The highest BCUT2D eigenvalue weighted by Crippen LogP contribution is 2.25. The molecule has 0 aromatic heterocycles. The lowest BCUT2D eigenvalue weighted by Gasteiger charge is -2.11. The Morgan fingerprint density at radius 3 is 2.43 bits per heavy atom. The fourth-order valence-corrected chi connectivity index (χ4v) is 0.975. The molecule has 0 spiro atoms. The second-order valence-electron chi connectivity index (χ2n) is 2.82. The van der Waals surface area contributed by atoms with Gasteiger partial charge in [-0.05, 0) is 6.07 Å². The van der Waals surface area contributed by atoms with Crippen LogP contribution in [0.15, 0.2) is 24.3 Å². The van der Waals surface area contributed by atoms with Crippen LogP contribution in [-0.4, -0.2) is 22.1 Å². The normalized spacial score (nSPS) is 11.3. The van der Waals surface area contributed by atoms with Crippen LogP contribution >= 0.6 is 0 Å². The van der Waals surface area contributed by atoms with Gasteiger partial charge in [-0.25, -0.2) is 4.79 Å². The van der Waals surface area contributed by atoms with E-state index in [4.69, 9.17) is 10.2 Å². The summed E-state index contributed by atoms with van der Waals surface area (Å²) in [4.78, 5) is 10.1. The topological polar surface area (TPSA) is 57.5 Å². The molecule has 0 aliphatic heterocycles. The van der Waals surface area contributed by atoms with Gasteiger partial charge < -0.3 is 10.2 Å². The van der Waals surface area contributed by atoms with E-state index < -0.39 is 18.3 Å². The molecule has 1 rings (SSSR count). The quantitative estimate of drug-likeness (QED) is 0.783. The fraction of sp³-hybridized carbons (Fsp3) is 0.222. The molecular weight excluding hydrogens is 194 g/mol. The van der Waals surface area contributed by atoms with Crippen LogP contribution in [0.4, 0.5) is 8.78 Å². The first kappa shape index (κ1) is 10.4. The maximum Gasteiger partial charge on any atom is 0.374 e. The monoisotopic (exact) mass is 202 g/mol. The molecule has 0 amide bonds. The summed E-state index contributed by atoms with van der Waals surface area (Å²) in [5, 5.41) is 17.3. The van der Waals surface area contributed by atoms with Crippen molar-refractivity contribution in [1.82, 2.24) is 0 Å². The zero-order chi connectivity index (χ0) is 10.8. The smallest absolute Gasteiger partial charge is 0.374 e. The molecule has 0 saturated heterocycles. The van der Waals surface area contributed by atoms with E-state index in [0.29, 0.717) is 0 Å². The molecule has 0 bridgehead atoms. The van der Waals surface area contributed by atoms with Crippen molar-refractivity contribution in [2.75, 3.05) is 0 Å². The van der Waals surface area contributed by atoms with Crippen LogP contribution < -0.4 is 0 Å². The second kappa shape index (κ2) is 3.61. The van der Waals surface area contributed by atoms with Gasteiger partial charge in [-0.2, -0.15) is 8.78 Å². The number of halogens is 2. The van der Waals surface area contributed by atoms with Crippen LogP contribution in [0.25, 0.3) is 0 Å². The molecule has 0 fully saturated rings. The van der Waals surface area contributed by atoms with Gasteiger partial charge in [-0.15, -0.1) is 0 Å². The predicted molar refractivity (Wildman–Crippen MR) is 44.4 cm³/mol. The Bertz CT molecular complexity index is 350. The largest absolute Gasteiger partial charge is 0.508 e. The van der Waals surface area contributed by atoms with Crippen molar-refractivity contribution < 1.29 is 23.8 Å². The van der Waals surface area contributed by atoms with E-state index in [1.807, 2.05) is 0 Å². The molecule has 0 aliphatic rings. The first-order valence-electron chi connectivity index (χ1n) is 3.81. The first-order chi connectivity index (χ1) is 6.43. The van der Waals surface area contributed by atoms with Crippen LogP contribution in [0.2, 0.25) is 0 Å². The van der Waals surface area contributed by atoms with E-state index in [9.17, 15) is 13.6 Å². The number of aromatic hydroxyl groups is 1. The molecule has 2 N–H and O–H groups in total. The summed E-state index contributed by atoms with van der Waals surface area (Å²) in [6.45, 7) is 0. The SMILES string of the molecule is O=C(O)C(F)(F)Cc1ccccc1O. The van der Waals surface area contributed by atoms with Gasteiger partial charge in [-0.1, -0.05) is 18.2 Å². The number of carboxylic acids is 1. The molecule has 3 nitrogen and oxygen atoms in total. The van der Waals surface area contributed by atoms with Crippen LogP contribution in [0, 0.1) is 0 Å². The molecule has 76 valence electrons. The highest BCUT2D eigenvalue weighted by Gasteiger charge is 2.39. The molecular formula is C9H8F2O3. The lowest BCUT2D eigenvalue weighted by molar-refractivity contribution is -0.164. The number of para-hydroxylation sites is 1. The minimum Gasteiger partial charge on any atom is -0.508 e. The number of aliphatic carboxylic acids is 1. The minimum atomic E-state index is -3.85.